The number of nitrogens with zero attached hydrogens (tertiary/aromatic N) is 4. The van der Waals surface area contributed by atoms with E-state index in [1.54, 1.807) is 36.1 Å². The predicted octanol–water partition coefficient (Wildman–Crippen LogP) is 2.90. The van der Waals surface area contributed by atoms with Crippen molar-refractivity contribution in [1.82, 2.24) is 19.8 Å². The minimum atomic E-state index is -0.261. The lowest BCUT2D eigenvalue weighted by Gasteiger charge is -2.34. The summed E-state index contributed by atoms with van der Waals surface area (Å²) in [4.78, 5) is 10.8. The summed E-state index contributed by atoms with van der Waals surface area (Å²) in [6, 6.07) is 5.28. The Morgan fingerprint density at radius 3 is 2.74 bits per heavy atom. The van der Waals surface area contributed by atoms with Gasteiger partial charge in [0, 0.05) is 45.7 Å². The zero-order valence-electron chi connectivity index (χ0n) is 16.3. The predicted molar refractivity (Wildman–Crippen MR) is 105 cm³/mol. The summed E-state index contributed by atoms with van der Waals surface area (Å²) in [5.41, 5.74) is 1.38. The average molecular weight is 373 g/mol. The molecule has 0 saturated carbocycles. The molecule has 2 heterocycles. The minimum absolute atomic E-state index is 0.261. The number of aromatic nitrogens is 2. The van der Waals surface area contributed by atoms with Crippen molar-refractivity contribution in [2.45, 2.75) is 39.3 Å². The maximum Gasteiger partial charge on any atom is 0.193 e. The normalized spacial score (nSPS) is 16.0. The van der Waals surface area contributed by atoms with Crippen molar-refractivity contribution in [3.8, 4) is 5.69 Å². The number of hydrogen-bond acceptors (Lipinski definition) is 3. The molecule has 0 amide bonds. The minimum Gasteiger partial charge on any atom is -0.378 e. The van der Waals surface area contributed by atoms with Gasteiger partial charge in [-0.2, -0.15) is 0 Å². The highest BCUT2D eigenvalue weighted by Gasteiger charge is 2.21. The molecule has 27 heavy (non-hydrogen) atoms. The Balaban J connectivity index is 1.59. The van der Waals surface area contributed by atoms with Crippen LogP contribution >= 0.6 is 0 Å². The smallest absolute Gasteiger partial charge is 0.193 e. The number of guanidine groups is 1. The molecule has 0 unspecified atom stereocenters. The summed E-state index contributed by atoms with van der Waals surface area (Å²) in [6.07, 6.45) is 5.78. The molecule has 146 valence electrons. The average Bonchev–Trinajstić information content (AvgIpc) is 3.09. The summed E-state index contributed by atoms with van der Waals surface area (Å²) in [6.45, 7) is 7.00. The van der Waals surface area contributed by atoms with E-state index in [1.807, 2.05) is 19.9 Å². The van der Waals surface area contributed by atoms with Crippen LogP contribution in [-0.2, 0) is 11.3 Å². The van der Waals surface area contributed by atoms with Crippen LogP contribution in [-0.4, -0.2) is 53.3 Å². The molecule has 2 aromatic rings. The van der Waals surface area contributed by atoms with Crippen molar-refractivity contribution in [2.24, 2.45) is 4.99 Å². The Kier molecular flexibility index (Phi) is 6.45. The van der Waals surface area contributed by atoms with Crippen molar-refractivity contribution in [1.29, 1.82) is 0 Å². The lowest BCUT2D eigenvalue weighted by Crippen LogP contribution is -2.46. The van der Waals surface area contributed by atoms with Crippen LogP contribution in [0.4, 0.5) is 4.39 Å². The summed E-state index contributed by atoms with van der Waals surface area (Å²) in [5.74, 6) is 1.35. The number of imidazole rings is 1. The van der Waals surface area contributed by atoms with Gasteiger partial charge in [0.25, 0.3) is 0 Å². The van der Waals surface area contributed by atoms with Gasteiger partial charge in [-0.05, 0) is 44.4 Å². The second kappa shape index (κ2) is 8.99. The van der Waals surface area contributed by atoms with E-state index in [4.69, 9.17) is 4.74 Å². The van der Waals surface area contributed by atoms with Gasteiger partial charge in [0.2, 0.25) is 0 Å². The number of hydrogen-bond donors (Lipinski definition) is 1. The SMILES string of the molecule is CCOC1CCN(C(=NC)NCc2ccc(-n3ccnc3C)c(F)c2)CC1. The lowest BCUT2D eigenvalue weighted by molar-refractivity contribution is 0.0263. The van der Waals surface area contributed by atoms with E-state index in [-0.39, 0.29) is 5.82 Å². The molecule has 1 fully saturated rings. The molecular weight excluding hydrogens is 345 g/mol. The third kappa shape index (κ3) is 4.66. The number of rotatable bonds is 5. The first-order valence-corrected chi connectivity index (χ1v) is 9.48. The summed E-state index contributed by atoms with van der Waals surface area (Å²) in [7, 11) is 1.78. The number of ether oxygens (including phenoxy) is 1. The van der Waals surface area contributed by atoms with E-state index in [9.17, 15) is 4.39 Å². The quantitative estimate of drug-likeness (QED) is 0.647. The van der Waals surface area contributed by atoms with Crippen LogP contribution in [0, 0.1) is 12.7 Å². The van der Waals surface area contributed by atoms with Gasteiger partial charge < -0.3 is 19.5 Å². The first-order chi connectivity index (χ1) is 13.1. The molecular formula is C20H28FN5O. The van der Waals surface area contributed by atoms with Crippen LogP contribution in [0.1, 0.15) is 31.2 Å². The second-order valence-electron chi connectivity index (χ2n) is 6.67. The van der Waals surface area contributed by atoms with Crippen LogP contribution in [0.5, 0.6) is 0 Å². The van der Waals surface area contributed by atoms with E-state index >= 15 is 0 Å². The van der Waals surface area contributed by atoms with Gasteiger partial charge >= 0.3 is 0 Å². The maximum absolute atomic E-state index is 14.5. The first-order valence-electron chi connectivity index (χ1n) is 9.48. The topological polar surface area (TPSA) is 54.7 Å². The monoisotopic (exact) mass is 373 g/mol. The molecule has 7 heteroatoms. The van der Waals surface area contributed by atoms with Crippen LogP contribution in [0.2, 0.25) is 0 Å². The Bertz CT molecular complexity index is 780. The van der Waals surface area contributed by atoms with E-state index in [0.29, 0.717) is 18.3 Å². The van der Waals surface area contributed by atoms with Gasteiger partial charge in [-0.15, -0.1) is 0 Å². The third-order valence-corrected chi connectivity index (χ3v) is 4.90. The molecule has 0 aliphatic carbocycles. The number of likely N-dealkylation sites (tertiary alicyclic amines) is 1. The largest absolute Gasteiger partial charge is 0.378 e. The summed E-state index contributed by atoms with van der Waals surface area (Å²) >= 11 is 0. The number of benzene rings is 1. The van der Waals surface area contributed by atoms with Crippen molar-refractivity contribution >= 4 is 5.96 Å². The standard InChI is InChI=1S/C20H28FN5O/c1-4-27-17-7-10-25(11-8-17)20(22-3)24-14-16-5-6-19(18(21)13-16)26-12-9-23-15(26)2/h5-6,9,12-13,17H,4,7-8,10-11,14H2,1-3H3,(H,22,24). The Morgan fingerprint density at radius 1 is 1.37 bits per heavy atom. The van der Waals surface area contributed by atoms with Gasteiger partial charge in [-0.25, -0.2) is 9.37 Å². The molecule has 6 nitrogen and oxygen atoms in total. The van der Waals surface area contributed by atoms with E-state index in [2.05, 4.69) is 20.2 Å². The number of nitrogens with one attached hydrogen (secondary N) is 1. The molecule has 3 rings (SSSR count). The van der Waals surface area contributed by atoms with Gasteiger partial charge in [0.1, 0.15) is 11.6 Å². The Labute approximate surface area is 160 Å². The highest BCUT2D eigenvalue weighted by molar-refractivity contribution is 5.80. The zero-order chi connectivity index (χ0) is 19.2. The van der Waals surface area contributed by atoms with Gasteiger partial charge in [0.15, 0.2) is 5.96 Å². The molecule has 0 radical (unpaired) electrons. The molecule has 0 spiro atoms. The number of aliphatic imine (C=N–C) groups is 1. The third-order valence-electron chi connectivity index (χ3n) is 4.90. The molecule has 1 N–H and O–H groups in total. The molecule has 1 aromatic carbocycles. The fourth-order valence-electron chi connectivity index (χ4n) is 3.47. The van der Waals surface area contributed by atoms with E-state index in [0.717, 1.165) is 49.9 Å². The maximum atomic E-state index is 14.5. The first kappa shape index (κ1) is 19.4. The van der Waals surface area contributed by atoms with Crippen LogP contribution < -0.4 is 5.32 Å². The Hall–Kier alpha value is -2.41. The van der Waals surface area contributed by atoms with Crippen molar-refractivity contribution < 1.29 is 9.13 Å². The highest BCUT2D eigenvalue weighted by atomic mass is 19.1. The second-order valence-corrected chi connectivity index (χ2v) is 6.67. The fourth-order valence-corrected chi connectivity index (χ4v) is 3.47. The van der Waals surface area contributed by atoms with Gasteiger partial charge in [-0.1, -0.05) is 6.07 Å². The lowest BCUT2D eigenvalue weighted by atomic mass is 10.1. The van der Waals surface area contributed by atoms with E-state index in [1.165, 1.54) is 0 Å². The molecule has 0 bridgehead atoms. The molecule has 1 saturated heterocycles. The molecule has 1 aliphatic rings. The van der Waals surface area contributed by atoms with Crippen molar-refractivity contribution in [2.75, 3.05) is 26.7 Å². The number of aryl methyl sites for hydroxylation is 1. The van der Waals surface area contributed by atoms with Crippen LogP contribution in [0.25, 0.3) is 5.69 Å². The van der Waals surface area contributed by atoms with Crippen molar-refractivity contribution in [3.63, 3.8) is 0 Å². The Morgan fingerprint density at radius 2 is 2.15 bits per heavy atom. The number of piperidine rings is 1. The highest BCUT2D eigenvalue weighted by Crippen LogP contribution is 2.17. The van der Waals surface area contributed by atoms with Gasteiger partial charge in [-0.3, -0.25) is 4.99 Å². The van der Waals surface area contributed by atoms with Crippen LogP contribution in [0.15, 0.2) is 35.6 Å². The molecule has 0 atom stereocenters. The number of halogens is 1. The molecule has 1 aliphatic heterocycles. The van der Waals surface area contributed by atoms with Crippen LogP contribution in [0.3, 0.4) is 0 Å². The summed E-state index contributed by atoms with van der Waals surface area (Å²) < 4.78 is 22.0. The molecule has 1 aromatic heterocycles. The fraction of sp³-hybridized carbons (Fsp3) is 0.500. The van der Waals surface area contributed by atoms with Gasteiger partial charge in [0.05, 0.1) is 11.8 Å². The zero-order valence-corrected chi connectivity index (χ0v) is 16.3. The van der Waals surface area contributed by atoms with Crippen molar-refractivity contribution in [3.05, 3.63) is 47.8 Å². The van der Waals surface area contributed by atoms with E-state index < -0.39 is 0 Å². The summed E-state index contributed by atoms with van der Waals surface area (Å²) in [5, 5.41) is 3.34.